The minimum Gasteiger partial charge on any atom is -0.493 e. The Kier molecular flexibility index (Phi) is 2.92. The summed E-state index contributed by atoms with van der Waals surface area (Å²) in [4.78, 5) is 14.6. The zero-order chi connectivity index (χ0) is 14.2. The summed E-state index contributed by atoms with van der Waals surface area (Å²) in [6, 6.07) is 14.2. The molecule has 0 bridgehead atoms. The summed E-state index contributed by atoms with van der Waals surface area (Å²) in [5.41, 5.74) is 4.56. The molecule has 3 heteroatoms. The van der Waals surface area contributed by atoms with Crippen molar-refractivity contribution in [1.82, 2.24) is 4.90 Å². The van der Waals surface area contributed by atoms with E-state index in [4.69, 9.17) is 4.74 Å². The summed E-state index contributed by atoms with van der Waals surface area (Å²) >= 11 is 0. The molecule has 0 atom stereocenters. The van der Waals surface area contributed by atoms with Crippen LogP contribution in [0, 0.1) is 0 Å². The van der Waals surface area contributed by atoms with Crippen molar-refractivity contribution in [1.29, 1.82) is 0 Å². The van der Waals surface area contributed by atoms with Crippen LogP contribution in [0.4, 0.5) is 0 Å². The average Bonchev–Trinajstić information content (AvgIpc) is 3.01. The summed E-state index contributed by atoms with van der Waals surface area (Å²) in [6.45, 7) is 2.23. The van der Waals surface area contributed by atoms with Gasteiger partial charge in [0.25, 0.3) is 5.91 Å². The fraction of sp³-hybridized carbons (Fsp3) is 0.278. The molecule has 3 nitrogen and oxygen atoms in total. The predicted molar refractivity (Wildman–Crippen MR) is 80.5 cm³/mol. The maximum absolute atomic E-state index is 12.7. The van der Waals surface area contributed by atoms with E-state index in [-0.39, 0.29) is 5.91 Å². The molecule has 0 N–H and O–H groups in total. The first-order valence-electron chi connectivity index (χ1n) is 7.43. The highest BCUT2D eigenvalue weighted by Crippen LogP contribution is 2.27. The zero-order valence-corrected chi connectivity index (χ0v) is 11.8. The number of amides is 1. The van der Waals surface area contributed by atoms with E-state index >= 15 is 0 Å². The Hall–Kier alpha value is -2.29. The Morgan fingerprint density at radius 3 is 2.76 bits per heavy atom. The quantitative estimate of drug-likeness (QED) is 0.803. The van der Waals surface area contributed by atoms with E-state index in [9.17, 15) is 4.79 Å². The van der Waals surface area contributed by atoms with Gasteiger partial charge in [0.1, 0.15) is 5.75 Å². The number of nitrogens with zero attached hydrogens (tertiary/aromatic N) is 1. The van der Waals surface area contributed by atoms with Gasteiger partial charge in [-0.25, -0.2) is 0 Å². The summed E-state index contributed by atoms with van der Waals surface area (Å²) < 4.78 is 5.50. The van der Waals surface area contributed by atoms with Crippen molar-refractivity contribution < 1.29 is 9.53 Å². The molecule has 0 spiro atoms. The van der Waals surface area contributed by atoms with Crippen molar-refractivity contribution in [2.24, 2.45) is 0 Å². The number of carbonyl (C=O) groups is 1. The van der Waals surface area contributed by atoms with Crippen LogP contribution in [0.3, 0.4) is 0 Å². The van der Waals surface area contributed by atoms with Crippen LogP contribution < -0.4 is 4.74 Å². The van der Waals surface area contributed by atoms with Gasteiger partial charge in [-0.3, -0.25) is 4.79 Å². The lowest BCUT2D eigenvalue weighted by molar-refractivity contribution is 0.0734. The average molecular weight is 279 g/mol. The van der Waals surface area contributed by atoms with Gasteiger partial charge in [0.05, 0.1) is 6.61 Å². The summed E-state index contributed by atoms with van der Waals surface area (Å²) in [7, 11) is 0. The van der Waals surface area contributed by atoms with Gasteiger partial charge in [-0.1, -0.05) is 24.3 Å². The van der Waals surface area contributed by atoms with Crippen molar-refractivity contribution in [3.05, 3.63) is 64.7 Å². The summed E-state index contributed by atoms with van der Waals surface area (Å²) in [5.74, 6) is 1.05. The molecule has 0 aromatic heterocycles. The molecule has 0 aliphatic carbocycles. The molecule has 2 aromatic rings. The molecule has 2 aromatic carbocycles. The van der Waals surface area contributed by atoms with Crippen molar-refractivity contribution in [3.63, 3.8) is 0 Å². The van der Waals surface area contributed by atoms with Crippen LogP contribution in [0.2, 0.25) is 0 Å². The van der Waals surface area contributed by atoms with Crippen molar-refractivity contribution in [2.75, 3.05) is 13.2 Å². The Bertz CT molecular complexity index is 708. The largest absolute Gasteiger partial charge is 0.493 e. The molecule has 0 unspecified atom stereocenters. The molecule has 2 aliphatic rings. The Morgan fingerprint density at radius 1 is 1.00 bits per heavy atom. The van der Waals surface area contributed by atoms with Gasteiger partial charge in [0.15, 0.2) is 0 Å². The second-order valence-electron chi connectivity index (χ2n) is 5.67. The van der Waals surface area contributed by atoms with Gasteiger partial charge >= 0.3 is 0 Å². The third-order valence-corrected chi connectivity index (χ3v) is 4.35. The zero-order valence-electron chi connectivity index (χ0n) is 11.8. The van der Waals surface area contributed by atoms with Crippen LogP contribution in [-0.4, -0.2) is 24.0 Å². The third kappa shape index (κ3) is 2.19. The first kappa shape index (κ1) is 12.5. The van der Waals surface area contributed by atoms with Gasteiger partial charge in [0.2, 0.25) is 0 Å². The second-order valence-corrected chi connectivity index (χ2v) is 5.67. The minimum absolute atomic E-state index is 0.124. The van der Waals surface area contributed by atoms with E-state index in [1.807, 2.05) is 29.2 Å². The summed E-state index contributed by atoms with van der Waals surface area (Å²) in [6.07, 6.45) is 1.84. The number of rotatable bonds is 1. The highest BCUT2D eigenvalue weighted by atomic mass is 16.5. The molecule has 0 saturated heterocycles. The fourth-order valence-corrected chi connectivity index (χ4v) is 3.17. The second kappa shape index (κ2) is 4.92. The predicted octanol–water partition coefficient (Wildman–Crippen LogP) is 2.82. The van der Waals surface area contributed by atoms with Gasteiger partial charge < -0.3 is 9.64 Å². The number of hydrogen-bond donors (Lipinski definition) is 0. The minimum atomic E-state index is 0.124. The molecule has 4 rings (SSSR count). The number of ether oxygens (including phenoxy) is 1. The SMILES string of the molecule is O=C(c1ccc2c(c1)CCO2)N1CCc2ccccc2C1. The Labute approximate surface area is 124 Å². The third-order valence-electron chi connectivity index (χ3n) is 4.35. The number of fused-ring (bicyclic) bond motifs is 2. The van der Waals surface area contributed by atoms with Gasteiger partial charge in [-0.2, -0.15) is 0 Å². The number of carbonyl (C=O) groups excluding carboxylic acids is 1. The maximum atomic E-state index is 12.7. The van der Waals surface area contributed by atoms with Gasteiger partial charge in [-0.15, -0.1) is 0 Å². The molecular formula is C18H17NO2. The van der Waals surface area contributed by atoms with E-state index in [2.05, 4.69) is 18.2 Å². The summed E-state index contributed by atoms with van der Waals surface area (Å²) in [5, 5.41) is 0. The first-order chi connectivity index (χ1) is 10.3. The van der Waals surface area contributed by atoms with Crippen LogP contribution >= 0.6 is 0 Å². The van der Waals surface area contributed by atoms with Crippen LogP contribution in [0.1, 0.15) is 27.0 Å². The topological polar surface area (TPSA) is 29.5 Å². The molecule has 21 heavy (non-hydrogen) atoms. The van der Waals surface area contributed by atoms with Crippen LogP contribution in [0.5, 0.6) is 5.75 Å². The highest BCUT2D eigenvalue weighted by molar-refractivity contribution is 5.94. The molecule has 0 radical (unpaired) electrons. The number of benzene rings is 2. The molecule has 1 amide bonds. The van der Waals surface area contributed by atoms with Crippen LogP contribution in [0.15, 0.2) is 42.5 Å². The maximum Gasteiger partial charge on any atom is 0.254 e. The smallest absolute Gasteiger partial charge is 0.254 e. The Morgan fingerprint density at radius 2 is 1.86 bits per heavy atom. The van der Waals surface area contributed by atoms with E-state index in [1.54, 1.807) is 0 Å². The fourth-order valence-electron chi connectivity index (χ4n) is 3.17. The van der Waals surface area contributed by atoms with Crippen LogP contribution in [-0.2, 0) is 19.4 Å². The van der Waals surface area contributed by atoms with E-state index < -0.39 is 0 Å². The van der Waals surface area contributed by atoms with E-state index in [0.717, 1.165) is 42.9 Å². The van der Waals surface area contributed by atoms with E-state index in [1.165, 1.54) is 11.1 Å². The normalized spacial score (nSPS) is 16.1. The standard InChI is InChI=1S/C18H17NO2/c20-18(15-5-6-17-14(11-15)8-10-21-17)19-9-7-13-3-1-2-4-16(13)12-19/h1-6,11H,7-10,12H2. The van der Waals surface area contributed by atoms with Gasteiger partial charge in [0, 0.05) is 25.1 Å². The van der Waals surface area contributed by atoms with Crippen molar-refractivity contribution in [3.8, 4) is 5.75 Å². The lowest BCUT2D eigenvalue weighted by Gasteiger charge is -2.29. The lowest BCUT2D eigenvalue weighted by atomic mass is 9.99. The molecular weight excluding hydrogens is 262 g/mol. The lowest BCUT2D eigenvalue weighted by Crippen LogP contribution is -2.35. The van der Waals surface area contributed by atoms with Crippen molar-refractivity contribution in [2.45, 2.75) is 19.4 Å². The molecule has 106 valence electrons. The van der Waals surface area contributed by atoms with Gasteiger partial charge in [-0.05, 0) is 41.3 Å². The van der Waals surface area contributed by atoms with E-state index in [0.29, 0.717) is 6.54 Å². The number of hydrogen-bond acceptors (Lipinski definition) is 2. The molecule has 0 saturated carbocycles. The monoisotopic (exact) mass is 279 g/mol. The molecule has 2 aliphatic heterocycles. The highest BCUT2D eigenvalue weighted by Gasteiger charge is 2.23. The Balaban J connectivity index is 1.59. The molecule has 2 heterocycles. The first-order valence-corrected chi connectivity index (χ1v) is 7.43. The van der Waals surface area contributed by atoms with Crippen LogP contribution in [0.25, 0.3) is 0 Å². The molecule has 0 fully saturated rings. The van der Waals surface area contributed by atoms with Crippen molar-refractivity contribution >= 4 is 5.91 Å².